The van der Waals surface area contributed by atoms with Crippen LogP contribution < -0.4 is 10.1 Å². The highest BCUT2D eigenvalue weighted by Gasteiger charge is 2.36. The van der Waals surface area contributed by atoms with Crippen molar-refractivity contribution in [3.05, 3.63) is 54.1 Å². The van der Waals surface area contributed by atoms with Gasteiger partial charge in [-0.15, -0.1) is 13.2 Å². The molecule has 13 heteroatoms. The Morgan fingerprint density at radius 1 is 0.970 bits per heavy atom. The molecule has 1 saturated heterocycles. The van der Waals surface area contributed by atoms with Crippen molar-refractivity contribution in [1.82, 2.24) is 4.31 Å². The van der Waals surface area contributed by atoms with Crippen LogP contribution in [-0.4, -0.2) is 38.1 Å². The third kappa shape index (κ3) is 6.16. The van der Waals surface area contributed by atoms with E-state index in [1.54, 1.807) is 0 Å². The zero-order chi connectivity index (χ0) is 24.4. The van der Waals surface area contributed by atoms with Gasteiger partial charge in [-0.25, -0.2) is 8.42 Å². The summed E-state index contributed by atoms with van der Waals surface area (Å²) in [5, 5.41) is 2.36. The van der Waals surface area contributed by atoms with E-state index >= 15 is 0 Å². The van der Waals surface area contributed by atoms with E-state index < -0.39 is 50.6 Å². The van der Waals surface area contributed by atoms with Crippen molar-refractivity contribution in [2.24, 2.45) is 5.92 Å². The maximum atomic E-state index is 12.9. The summed E-state index contributed by atoms with van der Waals surface area (Å²) in [6.07, 6.45) is -9.59. The molecule has 1 aliphatic heterocycles. The van der Waals surface area contributed by atoms with Gasteiger partial charge in [0, 0.05) is 19.0 Å². The molecule has 3 rings (SSSR count). The molecule has 0 aliphatic carbocycles. The number of carbonyl (C=O) groups excluding carboxylic acids is 1. The van der Waals surface area contributed by atoms with E-state index in [1.807, 2.05) is 0 Å². The molecule has 2 aromatic carbocycles. The summed E-state index contributed by atoms with van der Waals surface area (Å²) in [5.74, 6) is -1.93. The van der Waals surface area contributed by atoms with E-state index in [0.29, 0.717) is 6.07 Å². The van der Waals surface area contributed by atoms with Gasteiger partial charge in [0.2, 0.25) is 15.9 Å². The number of para-hydroxylation sites is 2. The summed E-state index contributed by atoms with van der Waals surface area (Å²) in [5.41, 5.74) is -1.29. The van der Waals surface area contributed by atoms with Gasteiger partial charge in [0.1, 0.15) is 0 Å². The van der Waals surface area contributed by atoms with Crippen molar-refractivity contribution in [3.8, 4) is 5.75 Å². The summed E-state index contributed by atoms with van der Waals surface area (Å²) in [6, 6.07) is 8.33. The van der Waals surface area contributed by atoms with Gasteiger partial charge in [-0.05, 0) is 43.2 Å². The molecule has 33 heavy (non-hydrogen) atoms. The molecular weight excluding hydrogens is 478 g/mol. The molecule has 6 nitrogen and oxygen atoms in total. The Morgan fingerprint density at radius 2 is 1.61 bits per heavy atom. The maximum absolute atomic E-state index is 12.9. The molecular formula is C20H18F6N2O4S. The molecule has 0 saturated carbocycles. The SMILES string of the molecule is O=C(Nc1ccccc1OC(F)(F)F)C1CCN(S(=O)(=O)c2cccc(C(F)(F)F)c2)CC1. The van der Waals surface area contributed by atoms with Gasteiger partial charge in [-0.1, -0.05) is 18.2 Å². The second-order valence-electron chi connectivity index (χ2n) is 7.24. The minimum atomic E-state index is -4.95. The number of ether oxygens (including phenoxy) is 1. The van der Waals surface area contributed by atoms with Crippen LogP contribution in [0.15, 0.2) is 53.4 Å². The molecule has 0 unspecified atom stereocenters. The number of sulfonamides is 1. The number of amides is 1. The Labute approximate surface area is 185 Å². The van der Waals surface area contributed by atoms with Crippen LogP contribution in [0.2, 0.25) is 0 Å². The molecule has 0 atom stereocenters. The van der Waals surface area contributed by atoms with Gasteiger partial charge in [0.15, 0.2) is 5.75 Å². The Bertz CT molecular complexity index is 1110. The normalized spacial score (nSPS) is 16.4. The average Bonchev–Trinajstić information content (AvgIpc) is 2.73. The van der Waals surface area contributed by atoms with Crippen LogP contribution in [0.3, 0.4) is 0 Å². The van der Waals surface area contributed by atoms with Crippen molar-refractivity contribution in [3.63, 3.8) is 0 Å². The fourth-order valence-electron chi connectivity index (χ4n) is 3.36. The molecule has 1 amide bonds. The lowest BCUT2D eigenvalue weighted by atomic mass is 9.97. The van der Waals surface area contributed by atoms with Crippen LogP contribution in [0.1, 0.15) is 18.4 Å². The van der Waals surface area contributed by atoms with Crippen LogP contribution in [0.4, 0.5) is 32.0 Å². The lowest BCUT2D eigenvalue weighted by molar-refractivity contribution is -0.274. The number of hydrogen-bond donors (Lipinski definition) is 1. The molecule has 0 radical (unpaired) electrons. The van der Waals surface area contributed by atoms with Gasteiger partial charge in [0.05, 0.1) is 16.1 Å². The van der Waals surface area contributed by atoms with Crippen molar-refractivity contribution < 1.29 is 44.3 Å². The minimum absolute atomic E-state index is 0.0340. The monoisotopic (exact) mass is 496 g/mol. The number of hydrogen-bond acceptors (Lipinski definition) is 4. The fraction of sp³-hybridized carbons (Fsp3) is 0.350. The van der Waals surface area contributed by atoms with Gasteiger partial charge in [-0.3, -0.25) is 4.79 Å². The summed E-state index contributed by atoms with van der Waals surface area (Å²) in [7, 11) is -4.22. The molecule has 1 aliphatic rings. The zero-order valence-electron chi connectivity index (χ0n) is 16.8. The van der Waals surface area contributed by atoms with Crippen LogP contribution >= 0.6 is 0 Å². The van der Waals surface area contributed by atoms with E-state index in [4.69, 9.17) is 0 Å². The number of piperidine rings is 1. The molecule has 1 fully saturated rings. The van der Waals surface area contributed by atoms with Crippen LogP contribution in [0.5, 0.6) is 5.75 Å². The van der Waals surface area contributed by atoms with E-state index in [0.717, 1.165) is 28.6 Å². The molecule has 180 valence electrons. The summed E-state index contributed by atoms with van der Waals surface area (Å²) in [4.78, 5) is 12.0. The predicted molar refractivity (Wildman–Crippen MR) is 105 cm³/mol. The smallest absolute Gasteiger partial charge is 0.404 e. The molecule has 2 aromatic rings. The van der Waals surface area contributed by atoms with Crippen molar-refractivity contribution in [2.45, 2.75) is 30.3 Å². The van der Waals surface area contributed by atoms with E-state index in [9.17, 15) is 39.6 Å². The summed E-state index contributed by atoms with van der Waals surface area (Å²) >= 11 is 0. The Kier molecular flexibility index (Phi) is 6.93. The first-order valence-electron chi connectivity index (χ1n) is 9.60. The fourth-order valence-corrected chi connectivity index (χ4v) is 4.87. The van der Waals surface area contributed by atoms with Crippen LogP contribution in [0, 0.1) is 5.92 Å². The molecule has 0 aromatic heterocycles. The Morgan fingerprint density at radius 3 is 2.21 bits per heavy atom. The number of nitrogens with zero attached hydrogens (tertiary/aromatic N) is 1. The lowest BCUT2D eigenvalue weighted by Crippen LogP contribution is -2.41. The number of anilines is 1. The number of nitrogens with one attached hydrogen (secondary N) is 1. The second kappa shape index (κ2) is 9.21. The first-order chi connectivity index (χ1) is 15.3. The molecule has 0 spiro atoms. The number of alkyl halides is 6. The minimum Gasteiger partial charge on any atom is -0.404 e. The molecule has 0 bridgehead atoms. The van der Waals surface area contributed by atoms with E-state index in [2.05, 4.69) is 10.1 Å². The first-order valence-corrected chi connectivity index (χ1v) is 11.0. The van der Waals surface area contributed by atoms with Gasteiger partial charge < -0.3 is 10.1 Å². The van der Waals surface area contributed by atoms with Gasteiger partial charge in [-0.2, -0.15) is 17.5 Å². The summed E-state index contributed by atoms with van der Waals surface area (Å²) in [6.45, 7) is -0.283. The Hall–Kier alpha value is -2.80. The third-order valence-electron chi connectivity index (χ3n) is 4.99. The predicted octanol–water partition coefficient (Wildman–Crippen LogP) is 4.64. The largest absolute Gasteiger partial charge is 0.573 e. The average molecular weight is 496 g/mol. The number of halogens is 6. The standard InChI is InChI=1S/C20H18F6N2O4S/c21-19(22,23)14-4-3-5-15(12-14)33(30,31)28-10-8-13(9-11-28)18(29)27-16-6-1-2-7-17(16)32-20(24,25)26/h1-7,12-13H,8-11H2,(H,27,29). The van der Waals surface area contributed by atoms with Crippen molar-refractivity contribution in [2.75, 3.05) is 18.4 Å². The quantitative estimate of drug-likeness (QED) is 0.612. The van der Waals surface area contributed by atoms with Gasteiger partial charge >= 0.3 is 12.5 Å². The van der Waals surface area contributed by atoms with E-state index in [1.165, 1.54) is 18.2 Å². The highest BCUT2D eigenvalue weighted by atomic mass is 32.2. The first kappa shape index (κ1) is 24.8. The number of carbonyl (C=O) groups is 1. The summed E-state index contributed by atoms with van der Waals surface area (Å²) < 4.78 is 107. The highest BCUT2D eigenvalue weighted by Crippen LogP contribution is 2.33. The lowest BCUT2D eigenvalue weighted by Gasteiger charge is -2.30. The Balaban J connectivity index is 1.66. The van der Waals surface area contributed by atoms with Gasteiger partial charge in [0.25, 0.3) is 0 Å². The molecule has 1 N–H and O–H groups in total. The number of benzene rings is 2. The van der Waals surface area contributed by atoms with Crippen molar-refractivity contribution in [1.29, 1.82) is 0 Å². The zero-order valence-corrected chi connectivity index (χ0v) is 17.6. The highest BCUT2D eigenvalue weighted by molar-refractivity contribution is 7.89. The maximum Gasteiger partial charge on any atom is 0.573 e. The topological polar surface area (TPSA) is 75.7 Å². The van der Waals surface area contributed by atoms with Crippen molar-refractivity contribution >= 4 is 21.6 Å². The second-order valence-corrected chi connectivity index (χ2v) is 9.18. The van der Waals surface area contributed by atoms with E-state index in [-0.39, 0.29) is 31.6 Å². The molecule has 1 heterocycles. The third-order valence-corrected chi connectivity index (χ3v) is 6.89. The number of rotatable bonds is 5. The van der Waals surface area contributed by atoms with Crippen LogP contribution in [-0.2, 0) is 21.0 Å². The van der Waals surface area contributed by atoms with Crippen LogP contribution in [0.25, 0.3) is 0 Å².